The van der Waals surface area contributed by atoms with E-state index in [0.29, 0.717) is 11.3 Å². The van der Waals surface area contributed by atoms with Crippen LogP contribution in [0.25, 0.3) is 0 Å². The van der Waals surface area contributed by atoms with Crippen molar-refractivity contribution in [2.75, 3.05) is 21.3 Å². The van der Waals surface area contributed by atoms with Crippen LogP contribution in [0.15, 0.2) is 18.2 Å². The lowest BCUT2D eigenvalue weighted by atomic mass is 10.0. The van der Waals surface area contributed by atoms with Gasteiger partial charge in [-0.1, -0.05) is 22.0 Å². The van der Waals surface area contributed by atoms with Crippen LogP contribution in [0, 0.1) is 0 Å². The third kappa shape index (κ3) is 3.01. The Labute approximate surface area is 113 Å². The second-order valence-corrected chi connectivity index (χ2v) is 4.25. The fourth-order valence-electron chi connectivity index (χ4n) is 1.40. The molecule has 6 heteroatoms. The van der Waals surface area contributed by atoms with Crippen molar-refractivity contribution in [2.45, 2.75) is 4.83 Å². The second kappa shape index (κ2) is 6.39. The molecule has 98 valence electrons. The SMILES string of the molecule is COC(=O)c1cc(OC)ccc1C(Br)C(=O)OC. The van der Waals surface area contributed by atoms with E-state index in [1.54, 1.807) is 12.1 Å². The fourth-order valence-corrected chi connectivity index (χ4v) is 1.99. The molecule has 1 unspecified atom stereocenters. The Morgan fingerprint density at radius 3 is 2.33 bits per heavy atom. The molecule has 0 saturated heterocycles. The Bertz CT molecular complexity index is 458. The topological polar surface area (TPSA) is 61.8 Å². The fraction of sp³-hybridized carbons (Fsp3) is 0.333. The smallest absolute Gasteiger partial charge is 0.338 e. The van der Waals surface area contributed by atoms with Gasteiger partial charge in [0.15, 0.2) is 0 Å². The van der Waals surface area contributed by atoms with Gasteiger partial charge in [-0.25, -0.2) is 4.79 Å². The third-order valence-corrected chi connectivity index (χ3v) is 3.21. The highest BCUT2D eigenvalue weighted by molar-refractivity contribution is 9.09. The first kappa shape index (κ1) is 14.5. The molecule has 0 saturated carbocycles. The van der Waals surface area contributed by atoms with Gasteiger partial charge in [0.25, 0.3) is 0 Å². The highest BCUT2D eigenvalue weighted by atomic mass is 79.9. The standard InChI is InChI=1S/C12H13BrO5/c1-16-7-4-5-8(10(13)12(15)18-3)9(6-7)11(14)17-2/h4-6,10H,1-3H3. The minimum atomic E-state index is -0.734. The Kier molecular flexibility index (Phi) is 5.15. The summed E-state index contributed by atoms with van der Waals surface area (Å²) in [7, 11) is 4.03. The number of esters is 2. The number of ether oxygens (including phenoxy) is 3. The number of methoxy groups -OCH3 is 3. The number of benzene rings is 1. The summed E-state index contributed by atoms with van der Waals surface area (Å²) in [6.45, 7) is 0. The quantitative estimate of drug-likeness (QED) is 0.628. The van der Waals surface area contributed by atoms with Gasteiger partial charge in [0.2, 0.25) is 0 Å². The van der Waals surface area contributed by atoms with Gasteiger partial charge in [-0.15, -0.1) is 0 Å². The molecule has 1 atom stereocenters. The van der Waals surface area contributed by atoms with Gasteiger partial charge in [-0.05, 0) is 17.7 Å². The van der Waals surface area contributed by atoms with E-state index in [1.165, 1.54) is 27.4 Å². The Morgan fingerprint density at radius 1 is 1.17 bits per heavy atom. The summed E-state index contributed by atoms with van der Waals surface area (Å²) in [6, 6.07) is 4.78. The van der Waals surface area contributed by atoms with E-state index in [9.17, 15) is 9.59 Å². The van der Waals surface area contributed by atoms with Crippen molar-refractivity contribution in [3.63, 3.8) is 0 Å². The lowest BCUT2D eigenvalue weighted by molar-refractivity contribution is -0.139. The molecule has 0 radical (unpaired) electrons. The van der Waals surface area contributed by atoms with Crippen LogP contribution in [0.5, 0.6) is 5.75 Å². The highest BCUT2D eigenvalue weighted by Crippen LogP contribution is 2.30. The van der Waals surface area contributed by atoms with Crippen molar-refractivity contribution in [2.24, 2.45) is 0 Å². The Balaban J connectivity index is 3.25. The number of hydrogen-bond donors (Lipinski definition) is 0. The van der Waals surface area contributed by atoms with Crippen molar-refractivity contribution < 1.29 is 23.8 Å². The van der Waals surface area contributed by atoms with Crippen LogP contribution in [-0.4, -0.2) is 33.3 Å². The number of carbonyl (C=O) groups excluding carboxylic acids is 2. The average molecular weight is 317 g/mol. The van der Waals surface area contributed by atoms with Crippen LogP contribution in [0.3, 0.4) is 0 Å². The predicted molar refractivity (Wildman–Crippen MR) is 68.0 cm³/mol. The van der Waals surface area contributed by atoms with Gasteiger partial charge in [-0.2, -0.15) is 0 Å². The van der Waals surface area contributed by atoms with E-state index in [2.05, 4.69) is 25.4 Å². The minimum Gasteiger partial charge on any atom is -0.497 e. The van der Waals surface area contributed by atoms with Crippen LogP contribution < -0.4 is 4.74 Å². The zero-order chi connectivity index (χ0) is 13.7. The number of alkyl halides is 1. The minimum absolute atomic E-state index is 0.254. The molecule has 18 heavy (non-hydrogen) atoms. The lowest BCUT2D eigenvalue weighted by Crippen LogP contribution is -2.13. The molecule has 1 aromatic carbocycles. The maximum Gasteiger partial charge on any atom is 0.338 e. The summed E-state index contributed by atoms with van der Waals surface area (Å²) >= 11 is 3.18. The van der Waals surface area contributed by atoms with Crippen molar-refractivity contribution in [1.29, 1.82) is 0 Å². The monoisotopic (exact) mass is 316 g/mol. The molecule has 0 bridgehead atoms. The molecule has 0 heterocycles. The second-order valence-electron chi connectivity index (χ2n) is 3.33. The van der Waals surface area contributed by atoms with E-state index in [0.717, 1.165) is 0 Å². The maximum absolute atomic E-state index is 11.7. The molecule has 0 aliphatic rings. The van der Waals surface area contributed by atoms with Crippen LogP contribution in [-0.2, 0) is 14.3 Å². The van der Waals surface area contributed by atoms with Gasteiger partial charge >= 0.3 is 11.9 Å². The number of hydrogen-bond acceptors (Lipinski definition) is 5. The summed E-state index contributed by atoms with van der Waals surface area (Å²) in [5.41, 5.74) is 0.721. The lowest BCUT2D eigenvalue weighted by Gasteiger charge is -2.13. The predicted octanol–water partition coefficient (Wildman–Crippen LogP) is 2.09. The van der Waals surface area contributed by atoms with Crippen LogP contribution in [0.2, 0.25) is 0 Å². The molecule has 0 amide bonds. The summed E-state index contributed by atoms with van der Waals surface area (Å²) in [4.78, 5) is 22.4. The number of carbonyl (C=O) groups is 2. The normalized spacial score (nSPS) is 11.6. The largest absolute Gasteiger partial charge is 0.497 e. The van der Waals surface area contributed by atoms with E-state index in [1.807, 2.05) is 0 Å². The molecule has 0 aliphatic carbocycles. The van der Waals surface area contributed by atoms with E-state index < -0.39 is 16.8 Å². The maximum atomic E-state index is 11.7. The molecule has 1 aromatic rings. The molecular formula is C12H13BrO5. The molecular weight excluding hydrogens is 304 g/mol. The van der Waals surface area contributed by atoms with Crippen molar-refractivity contribution >= 4 is 27.9 Å². The summed E-state index contributed by atoms with van der Waals surface area (Å²) in [5, 5.41) is 0. The molecule has 0 fully saturated rings. The first-order valence-electron chi connectivity index (χ1n) is 5.03. The van der Waals surface area contributed by atoms with Gasteiger partial charge in [0, 0.05) is 0 Å². The summed E-state index contributed by atoms with van der Waals surface area (Å²) < 4.78 is 14.3. The molecule has 5 nitrogen and oxygen atoms in total. The Morgan fingerprint density at radius 2 is 1.83 bits per heavy atom. The van der Waals surface area contributed by atoms with Crippen molar-refractivity contribution in [1.82, 2.24) is 0 Å². The van der Waals surface area contributed by atoms with Gasteiger partial charge in [-0.3, -0.25) is 4.79 Å². The van der Waals surface area contributed by atoms with E-state index in [-0.39, 0.29) is 5.56 Å². The van der Waals surface area contributed by atoms with Gasteiger partial charge in [0.05, 0.1) is 26.9 Å². The first-order valence-corrected chi connectivity index (χ1v) is 5.94. The van der Waals surface area contributed by atoms with Crippen LogP contribution >= 0.6 is 15.9 Å². The summed E-state index contributed by atoms with van der Waals surface area (Å²) in [5.74, 6) is -0.536. The number of rotatable bonds is 4. The van der Waals surface area contributed by atoms with Crippen molar-refractivity contribution in [3.8, 4) is 5.75 Å². The summed E-state index contributed by atoms with van der Waals surface area (Å²) in [6.07, 6.45) is 0. The van der Waals surface area contributed by atoms with Gasteiger partial charge in [0.1, 0.15) is 10.6 Å². The first-order chi connectivity index (χ1) is 8.54. The highest BCUT2D eigenvalue weighted by Gasteiger charge is 2.24. The Hall–Kier alpha value is -1.56. The van der Waals surface area contributed by atoms with Gasteiger partial charge < -0.3 is 14.2 Å². The van der Waals surface area contributed by atoms with E-state index in [4.69, 9.17) is 4.74 Å². The third-order valence-electron chi connectivity index (χ3n) is 2.35. The number of halogens is 1. The zero-order valence-corrected chi connectivity index (χ0v) is 11.8. The zero-order valence-electron chi connectivity index (χ0n) is 10.2. The van der Waals surface area contributed by atoms with E-state index >= 15 is 0 Å². The molecule has 0 N–H and O–H groups in total. The molecule has 0 aromatic heterocycles. The van der Waals surface area contributed by atoms with Crippen molar-refractivity contribution in [3.05, 3.63) is 29.3 Å². The molecule has 0 aliphatic heterocycles. The van der Waals surface area contributed by atoms with Crippen LogP contribution in [0.1, 0.15) is 20.7 Å². The van der Waals surface area contributed by atoms with Crippen LogP contribution in [0.4, 0.5) is 0 Å². The average Bonchev–Trinajstić information content (AvgIpc) is 2.43. The molecule has 0 spiro atoms. The molecule has 1 rings (SSSR count).